The molecule has 2 nitrogen and oxygen atoms in total. The Labute approximate surface area is 117 Å². The molecule has 1 atom stereocenters. The highest BCUT2D eigenvalue weighted by Crippen LogP contribution is 2.28. The molecule has 1 unspecified atom stereocenters. The summed E-state index contributed by atoms with van der Waals surface area (Å²) in [6.45, 7) is 0. The summed E-state index contributed by atoms with van der Waals surface area (Å²) in [5.74, 6) is 0.884. The highest BCUT2D eigenvalue weighted by atomic mass is 35.5. The minimum absolute atomic E-state index is 0.281. The first-order chi connectivity index (χ1) is 8.74. The third-order valence-electron chi connectivity index (χ3n) is 2.96. The van der Waals surface area contributed by atoms with Crippen molar-refractivity contribution in [3.05, 3.63) is 51.2 Å². The largest absolute Gasteiger partial charge is 0.496 e. The zero-order chi connectivity index (χ0) is 13.0. The number of hydrogen-bond donors (Lipinski definition) is 1. The van der Waals surface area contributed by atoms with Crippen LogP contribution >= 0.6 is 22.9 Å². The van der Waals surface area contributed by atoms with E-state index < -0.39 is 0 Å². The van der Waals surface area contributed by atoms with Crippen LogP contribution in [0.4, 0.5) is 0 Å². The lowest BCUT2D eigenvalue weighted by Gasteiger charge is -2.17. The number of benzene rings is 1. The molecule has 0 saturated heterocycles. The van der Waals surface area contributed by atoms with Crippen LogP contribution in [-0.2, 0) is 6.42 Å². The number of hydrogen-bond acceptors (Lipinski definition) is 3. The minimum Gasteiger partial charge on any atom is -0.496 e. The number of likely N-dealkylation sites (N-methyl/N-ethyl adjacent to an activating group) is 1. The molecule has 0 radical (unpaired) electrons. The van der Waals surface area contributed by atoms with Crippen LogP contribution in [0.15, 0.2) is 35.0 Å². The maximum Gasteiger partial charge on any atom is 0.122 e. The summed E-state index contributed by atoms with van der Waals surface area (Å²) in [4.78, 5) is 0. The number of methoxy groups -OCH3 is 1. The van der Waals surface area contributed by atoms with Crippen LogP contribution in [0.1, 0.15) is 17.2 Å². The van der Waals surface area contributed by atoms with Crippen molar-refractivity contribution < 1.29 is 4.74 Å². The molecular formula is C14H16ClNOS. The molecule has 18 heavy (non-hydrogen) atoms. The number of ether oxygens (including phenoxy) is 1. The van der Waals surface area contributed by atoms with Crippen molar-refractivity contribution in [2.24, 2.45) is 0 Å². The van der Waals surface area contributed by atoms with Gasteiger partial charge in [-0.2, -0.15) is 11.3 Å². The number of rotatable bonds is 5. The maximum absolute atomic E-state index is 6.05. The Hall–Kier alpha value is -1.03. The minimum atomic E-state index is 0.281. The Bertz CT molecular complexity index is 499. The van der Waals surface area contributed by atoms with Crippen molar-refractivity contribution in [1.82, 2.24) is 5.32 Å². The Morgan fingerprint density at radius 1 is 1.39 bits per heavy atom. The van der Waals surface area contributed by atoms with Gasteiger partial charge in [-0.05, 0) is 59.6 Å². The molecule has 0 spiro atoms. The first-order valence-electron chi connectivity index (χ1n) is 5.76. The highest BCUT2D eigenvalue weighted by Gasteiger charge is 2.13. The van der Waals surface area contributed by atoms with Crippen LogP contribution in [0.5, 0.6) is 5.75 Å². The van der Waals surface area contributed by atoms with E-state index in [9.17, 15) is 0 Å². The van der Waals surface area contributed by atoms with Gasteiger partial charge in [0.15, 0.2) is 0 Å². The van der Waals surface area contributed by atoms with E-state index in [0.717, 1.165) is 22.8 Å². The monoisotopic (exact) mass is 281 g/mol. The summed E-state index contributed by atoms with van der Waals surface area (Å²) in [5.41, 5.74) is 2.42. The van der Waals surface area contributed by atoms with E-state index in [-0.39, 0.29) is 6.04 Å². The van der Waals surface area contributed by atoms with Crippen molar-refractivity contribution in [1.29, 1.82) is 0 Å². The third kappa shape index (κ3) is 3.05. The lowest BCUT2D eigenvalue weighted by atomic mass is 10.0. The average Bonchev–Trinajstić information content (AvgIpc) is 2.90. The summed E-state index contributed by atoms with van der Waals surface area (Å²) in [6.07, 6.45) is 0.858. The second-order valence-corrected chi connectivity index (χ2v) is 5.27. The molecule has 0 bridgehead atoms. The van der Waals surface area contributed by atoms with Crippen LogP contribution in [0.3, 0.4) is 0 Å². The van der Waals surface area contributed by atoms with E-state index in [1.165, 1.54) is 5.56 Å². The predicted molar refractivity (Wildman–Crippen MR) is 77.8 cm³/mol. The molecule has 2 aromatic rings. The number of nitrogens with one attached hydrogen (secondary N) is 1. The van der Waals surface area contributed by atoms with Gasteiger partial charge >= 0.3 is 0 Å². The third-order valence-corrected chi connectivity index (χ3v) is 3.90. The molecule has 2 rings (SSSR count). The molecule has 1 aromatic heterocycles. The fraction of sp³-hybridized carbons (Fsp3) is 0.286. The molecular weight excluding hydrogens is 266 g/mol. The second-order valence-electron chi connectivity index (χ2n) is 4.06. The average molecular weight is 282 g/mol. The quantitative estimate of drug-likeness (QED) is 0.897. The van der Waals surface area contributed by atoms with Crippen molar-refractivity contribution in [2.45, 2.75) is 12.5 Å². The molecule has 1 heterocycles. The van der Waals surface area contributed by atoms with E-state index in [2.05, 4.69) is 22.1 Å². The predicted octanol–water partition coefficient (Wildman–Crippen LogP) is 3.91. The molecule has 0 aliphatic carbocycles. The molecule has 96 valence electrons. The van der Waals surface area contributed by atoms with Crippen molar-refractivity contribution in [2.75, 3.05) is 14.2 Å². The molecule has 0 saturated carbocycles. The normalized spacial score (nSPS) is 12.4. The van der Waals surface area contributed by atoms with E-state index in [1.807, 2.05) is 25.2 Å². The maximum atomic E-state index is 6.05. The molecule has 0 aliphatic heterocycles. The smallest absolute Gasteiger partial charge is 0.122 e. The first kappa shape index (κ1) is 13.4. The van der Waals surface area contributed by atoms with Crippen LogP contribution in [-0.4, -0.2) is 14.2 Å². The summed E-state index contributed by atoms with van der Waals surface area (Å²) >= 11 is 7.76. The highest BCUT2D eigenvalue weighted by molar-refractivity contribution is 7.07. The lowest BCUT2D eigenvalue weighted by Crippen LogP contribution is -2.18. The van der Waals surface area contributed by atoms with Gasteiger partial charge in [-0.25, -0.2) is 0 Å². The summed E-state index contributed by atoms with van der Waals surface area (Å²) in [7, 11) is 3.66. The Morgan fingerprint density at radius 2 is 2.22 bits per heavy atom. The van der Waals surface area contributed by atoms with Crippen molar-refractivity contribution >= 4 is 22.9 Å². The zero-order valence-electron chi connectivity index (χ0n) is 10.4. The van der Waals surface area contributed by atoms with Gasteiger partial charge in [0.05, 0.1) is 7.11 Å². The molecule has 0 fully saturated rings. The van der Waals surface area contributed by atoms with Crippen LogP contribution in [0.2, 0.25) is 5.02 Å². The van der Waals surface area contributed by atoms with Crippen LogP contribution in [0, 0.1) is 0 Å². The van der Waals surface area contributed by atoms with Crippen molar-refractivity contribution in [3.8, 4) is 5.75 Å². The fourth-order valence-electron chi connectivity index (χ4n) is 1.99. The Kier molecular flexibility index (Phi) is 4.64. The Morgan fingerprint density at radius 3 is 2.83 bits per heavy atom. The van der Waals surface area contributed by atoms with E-state index in [0.29, 0.717) is 0 Å². The molecule has 0 amide bonds. The molecule has 4 heteroatoms. The molecule has 1 N–H and O–H groups in total. The van der Waals surface area contributed by atoms with Crippen LogP contribution in [0.25, 0.3) is 0 Å². The molecule has 0 aliphatic rings. The van der Waals surface area contributed by atoms with Crippen molar-refractivity contribution in [3.63, 3.8) is 0 Å². The van der Waals surface area contributed by atoms with Gasteiger partial charge in [0.1, 0.15) is 5.75 Å². The zero-order valence-corrected chi connectivity index (χ0v) is 12.0. The number of thiophene rings is 1. The van der Waals surface area contributed by atoms with Gasteiger partial charge in [-0.3, -0.25) is 0 Å². The first-order valence-corrected chi connectivity index (χ1v) is 7.08. The van der Waals surface area contributed by atoms with E-state index in [1.54, 1.807) is 18.4 Å². The molecule has 1 aromatic carbocycles. The standard InChI is InChI=1S/C14H16ClNOS/c1-16-13(10-5-6-18-9-10)8-11-7-12(15)3-4-14(11)17-2/h3-7,9,13,16H,8H2,1-2H3. The fourth-order valence-corrected chi connectivity index (χ4v) is 2.90. The van der Waals surface area contributed by atoms with Gasteiger partial charge in [0, 0.05) is 11.1 Å². The topological polar surface area (TPSA) is 21.3 Å². The van der Waals surface area contributed by atoms with E-state index >= 15 is 0 Å². The SMILES string of the molecule is CNC(Cc1cc(Cl)ccc1OC)c1ccsc1. The van der Waals surface area contributed by atoms with E-state index in [4.69, 9.17) is 16.3 Å². The van der Waals surface area contributed by atoms with Crippen LogP contribution < -0.4 is 10.1 Å². The van der Waals surface area contributed by atoms with Gasteiger partial charge in [-0.15, -0.1) is 0 Å². The second kappa shape index (κ2) is 6.23. The van der Waals surface area contributed by atoms with Gasteiger partial charge < -0.3 is 10.1 Å². The number of halogens is 1. The Balaban J connectivity index is 2.24. The van der Waals surface area contributed by atoms with Gasteiger partial charge in [0.25, 0.3) is 0 Å². The summed E-state index contributed by atoms with van der Waals surface area (Å²) in [6, 6.07) is 8.16. The van der Waals surface area contributed by atoms with Gasteiger partial charge in [0.2, 0.25) is 0 Å². The lowest BCUT2D eigenvalue weighted by molar-refractivity contribution is 0.406. The summed E-state index contributed by atoms with van der Waals surface area (Å²) < 4.78 is 5.38. The summed E-state index contributed by atoms with van der Waals surface area (Å²) in [5, 5.41) is 8.33. The van der Waals surface area contributed by atoms with Gasteiger partial charge in [-0.1, -0.05) is 11.6 Å².